The number of hydrogen-bond acceptors (Lipinski definition) is 2. The van der Waals surface area contributed by atoms with E-state index in [1.807, 2.05) is 61.5 Å². The molecule has 0 bridgehead atoms. The van der Waals surface area contributed by atoms with E-state index in [0.29, 0.717) is 18.0 Å². The third-order valence-electron chi connectivity index (χ3n) is 4.31. The highest BCUT2D eigenvalue weighted by Gasteiger charge is 2.18. The molecule has 0 aliphatic heterocycles. The van der Waals surface area contributed by atoms with E-state index in [-0.39, 0.29) is 11.8 Å². The molecular weight excluding hydrogens is 344 g/mol. The van der Waals surface area contributed by atoms with Crippen molar-refractivity contribution < 1.29 is 4.79 Å². The highest BCUT2D eigenvalue weighted by atomic mass is 35.5. The van der Waals surface area contributed by atoms with Crippen molar-refractivity contribution in [2.45, 2.75) is 25.8 Å². The Hall–Kier alpha value is -2.65. The van der Waals surface area contributed by atoms with Crippen molar-refractivity contribution in [2.75, 3.05) is 0 Å². The van der Waals surface area contributed by atoms with Gasteiger partial charge in [0, 0.05) is 35.8 Å². The maximum Gasteiger partial charge on any atom is 0.221 e. The van der Waals surface area contributed by atoms with Gasteiger partial charge in [0.1, 0.15) is 0 Å². The van der Waals surface area contributed by atoms with Gasteiger partial charge in [0.05, 0.1) is 0 Å². The van der Waals surface area contributed by atoms with Crippen molar-refractivity contribution in [3.05, 3.63) is 100 Å². The minimum absolute atomic E-state index is 0.00681. The minimum Gasteiger partial charge on any atom is -0.352 e. The van der Waals surface area contributed by atoms with Crippen molar-refractivity contribution in [1.82, 2.24) is 10.3 Å². The number of benzene rings is 2. The molecule has 132 valence electrons. The standard InChI is InChI=1S/C22H21ClN2O/c1-16-13-17(11-12-24-16)15-25-22(26)14-21(18-5-3-2-4-6-18)19-7-9-20(23)10-8-19/h2-13,21H,14-15H2,1H3,(H,25,26)/t21-/m0/s1. The van der Waals surface area contributed by atoms with Gasteiger partial charge in [0.15, 0.2) is 0 Å². The zero-order chi connectivity index (χ0) is 18.4. The van der Waals surface area contributed by atoms with Crippen LogP contribution in [0.5, 0.6) is 0 Å². The van der Waals surface area contributed by atoms with Crippen molar-refractivity contribution in [2.24, 2.45) is 0 Å². The Labute approximate surface area is 159 Å². The van der Waals surface area contributed by atoms with Gasteiger partial charge in [0.2, 0.25) is 5.91 Å². The van der Waals surface area contributed by atoms with E-state index in [4.69, 9.17) is 11.6 Å². The van der Waals surface area contributed by atoms with E-state index in [1.54, 1.807) is 6.20 Å². The number of carbonyl (C=O) groups excluding carboxylic acids is 1. The molecule has 0 radical (unpaired) electrons. The lowest BCUT2D eigenvalue weighted by molar-refractivity contribution is -0.121. The zero-order valence-electron chi connectivity index (χ0n) is 14.7. The quantitative estimate of drug-likeness (QED) is 0.677. The molecule has 1 atom stereocenters. The lowest BCUT2D eigenvalue weighted by Crippen LogP contribution is -2.25. The van der Waals surface area contributed by atoms with Gasteiger partial charge in [0.25, 0.3) is 0 Å². The maximum absolute atomic E-state index is 12.6. The van der Waals surface area contributed by atoms with Gasteiger partial charge in [-0.1, -0.05) is 54.1 Å². The summed E-state index contributed by atoms with van der Waals surface area (Å²) in [6, 6.07) is 21.7. The van der Waals surface area contributed by atoms with Crippen LogP contribution in [0.4, 0.5) is 0 Å². The number of aryl methyl sites for hydroxylation is 1. The maximum atomic E-state index is 12.6. The van der Waals surface area contributed by atoms with E-state index in [1.165, 1.54) is 0 Å². The van der Waals surface area contributed by atoms with E-state index >= 15 is 0 Å². The summed E-state index contributed by atoms with van der Waals surface area (Å²) >= 11 is 6.01. The highest BCUT2D eigenvalue weighted by molar-refractivity contribution is 6.30. The number of hydrogen-bond donors (Lipinski definition) is 1. The number of nitrogens with zero attached hydrogens (tertiary/aromatic N) is 1. The predicted octanol–water partition coefficient (Wildman–Crippen LogP) is 4.88. The molecule has 1 N–H and O–H groups in total. The summed E-state index contributed by atoms with van der Waals surface area (Å²) in [5, 5.41) is 3.71. The third kappa shape index (κ3) is 4.93. The molecule has 0 aliphatic carbocycles. The molecule has 1 amide bonds. The van der Waals surface area contributed by atoms with E-state index in [0.717, 1.165) is 22.4 Å². The molecule has 1 aromatic heterocycles. The van der Waals surface area contributed by atoms with Crippen LogP contribution >= 0.6 is 11.6 Å². The summed E-state index contributed by atoms with van der Waals surface area (Å²) < 4.78 is 0. The Balaban J connectivity index is 1.73. The SMILES string of the molecule is Cc1cc(CNC(=O)C[C@@H](c2ccccc2)c2ccc(Cl)cc2)ccn1. The number of halogens is 1. The topological polar surface area (TPSA) is 42.0 Å². The van der Waals surface area contributed by atoms with Crippen molar-refractivity contribution >= 4 is 17.5 Å². The summed E-state index contributed by atoms with van der Waals surface area (Å²) in [4.78, 5) is 16.8. The second-order valence-corrected chi connectivity index (χ2v) is 6.74. The molecule has 0 saturated heterocycles. The van der Waals surface area contributed by atoms with E-state index in [9.17, 15) is 4.79 Å². The van der Waals surface area contributed by atoms with Crippen LogP contribution in [0.3, 0.4) is 0 Å². The monoisotopic (exact) mass is 364 g/mol. The van der Waals surface area contributed by atoms with Crippen molar-refractivity contribution in [3.63, 3.8) is 0 Å². The van der Waals surface area contributed by atoms with Crippen LogP contribution in [0.2, 0.25) is 5.02 Å². The van der Waals surface area contributed by atoms with Crippen LogP contribution in [0, 0.1) is 6.92 Å². The van der Waals surface area contributed by atoms with Crippen molar-refractivity contribution in [3.8, 4) is 0 Å². The van der Waals surface area contributed by atoms with E-state index in [2.05, 4.69) is 22.4 Å². The molecule has 0 unspecified atom stereocenters. The number of nitrogens with one attached hydrogen (secondary N) is 1. The lowest BCUT2D eigenvalue weighted by Gasteiger charge is -2.18. The second kappa shape index (κ2) is 8.63. The summed E-state index contributed by atoms with van der Waals surface area (Å²) in [7, 11) is 0. The van der Waals surface area contributed by atoms with Gasteiger partial charge in [-0.15, -0.1) is 0 Å². The average Bonchev–Trinajstić information content (AvgIpc) is 2.66. The second-order valence-electron chi connectivity index (χ2n) is 6.30. The van der Waals surface area contributed by atoms with Crippen LogP contribution in [0.15, 0.2) is 72.9 Å². The van der Waals surface area contributed by atoms with Crippen LogP contribution < -0.4 is 5.32 Å². The van der Waals surface area contributed by atoms with Crippen LogP contribution in [-0.4, -0.2) is 10.9 Å². The Morgan fingerprint density at radius 2 is 1.73 bits per heavy atom. The molecule has 26 heavy (non-hydrogen) atoms. The Bertz CT molecular complexity index is 863. The molecule has 3 aromatic rings. The molecule has 0 saturated carbocycles. The normalized spacial score (nSPS) is 11.8. The molecule has 4 heteroatoms. The number of rotatable bonds is 6. The fraction of sp³-hybridized carbons (Fsp3) is 0.182. The molecule has 0 fully saturated rings. The molecule has 0 spiro atoms. The molecule has 1 heterocycles. The fourth-order valence-electron chi connectivity index (χ4n) is 2.98. The number of carbonyl (C=O) groups is 1. The third-order valence-corrected chi connectivity index (χ3v) is 4.57. The Kier molecular flexibility index (Phi) is 6.03. The first-order valence-corrected chi connectivity index (χ1v) is 8.98. The zero-order valence-corrected chi connectivity index (χ0v) is 15.4. The van der Waals surface area contributed by atoms with Gasteiger partial charge in [-0.05, 0) is 47.9 Å². The number of amides is 1. The minimum atomic E-state index is -0.00681. The highest BCUT2D eigenvalue weighted by Crippen LogP contribution is 2.28. The average molecular weight is 365 g/mol. The van der Waals surface area contributed by atoms with Gasteiger partial charge in [-0.25, -0.2) is 0 Å². The van der Waals surface area contributed by atoms with Gasteiger partial charge < -0.3 is 5.32 Å². The smallest absolute Gasteiger partial charge is 0.221 e. The fourth-order valence-corrected chi connectivity index (χ4v) is 3.11. The van der Waals surface area contributed by atoms with E-state index < -0.39 is 0 Å². The largest absolute Gasteiger partial charge is 0.352 e. The number of pyridine rings is 1. The van der Waals surface area contributed by atoms with Gasteiger partial charge >= 0.3 is 0 Å². The van der Waals surface area contributed by atoms with Gasteiger partial charge in [-0.2, -0.15) is 0 Å². The molecule has 2 aromatic carbocycles. The molecule has 3 rings (SSSR count). The Morgan fingerprint density at radius 3 is 2.42 bits per heavy atom. The van der Waals surface area contributed by atoms with Crippen molar-refractivity contribution in [1.29, 1.82) is 0 Å². The van der Waals surface area contributed by atoms with Crippen LogP contribution in [0.25, 0.3) is 0 Å². The first-order chi connectivity index (χ1) is 12.6. The first kappa shape index (κ1) is 18.2. The summed E-state index contributed by atoms with van der Waals surface area (Å²) in [5.41, 5.74) is 4.19. The van der Waals surface area contributed by atoms with Crippen LogP contribution in [-0.2, 0) is 11.3 Å². The van der Waals surface area contributed by atoms with Gasteiger partial charge in [-0.3, -0.25) is 9.78 Å². The molecule has 3 nitrogen and oxygen atoms in total. The Morgan fingerprint density at radius 1 is 1.04 bits per heavy atom. The predicted molar refractivity (Wildman–Crippen MR) is 105 cm³/mol. The summed E-state index contributed by atoms with van der Waals surface area (Å²) in [6.07, 6.45) is 2.15. The lowest BCUT2D eigenvalue weighted by atomic mass is 9.88. The molecular formula is C22H21ClN2O. The molecule has 0 aliphatic rings. The van der Waals surface area contributed by atoms with Crippen LogP contribution in [0.1, 0.15) is 34.7 Å². The first-order valence-electron chi connectivity index (χ1n) is 8.60. The summed E-state index contributed by atoms with van der Waals surface area (Å²) in [6.45, 7) is 2.45. The number of aromatic nitrogens is 1. The summed E-state index contributed by atoms with van der Waals surface area (Å²) in [5.74, 6) is 0.0101.